The molecule has 0 atom stereocenters. The molecule has 0 rings (SSSR count). The minimum absolute atomic E-state index is 0. The van der Waals surface area contributed by atoms with Gasteiger partial charge in [-0.15, -0.1) is 0 Å². The van der Waals surface area contributed by atoms with Crippen molar-refractivity contribution in [3.63, 3.8) is 0 Å². The Morgan fingerprint density at radius 1 is 1.25 bits per heavy atom. The van der Waals surface area contributed by atoms with E-state index < -0.39 is 10.4 Å². The third-order valence-corrected chi connectivity index (χ3v) is 0. The van der Waals surface area contributed by atoms with Gasteiger partial charge in [-0.2, -0.15) is 0 Å². The van der Waals surface area contributed by atoms with Crippen LogP contribution in [0.15, 0.2) is 0 Å². The quantitative estimate of drug-likeness (QED) is 0.251. The second kappa shape index (κ2) is 7.43. The van der Waals surface area contributed by atoms with E-state index in [1.54, 1.807) is 0 Å². The number of hydrogen-bond donors (Lipinski definition) is 1. The fourth-order valence-corrected chi connectivity index (χ4v) is 0. The first-order valence-electron chi connectivity index (χ1n) is 0.925. The standard InChI is InChI=1S/Ga.H2O4S.2H2O/c;1-5(2,3)4;;/h;(H2,1,2,3,4);2*1H2/q+3;;;/p-3. The summed E-state index contributed by atoms with van der Waals surface area (Å²) < 4.78 is 41.1. The van der Waals surface area contributed by atoms with Gasteiger partial charge in [0.15, 0.2) is 0 Å². The van der Waals surface area contributed by atoms with Crippen LogP contribution in [-0.2, 0) is 10.4 Å². The van der Waals surface area contributed by atoms with Gasteiger partial charge in [0.1, 0.15) is 0 Å². The first-order chi connectivity index (χ1) is 3.00. The zero-order chi connectivity index (χ0) is 6.50. The molecule has 8 heavy (non-hydrogen) atoms. The number of rotatable bonds is 0. The van der Waals surface area contributed by atoms with Crippen molar-refractivity contribution in [2.45, 2.75) is 0 Å². The maximum atomic E-state index is 8.52. The Kier molecular flexibility index (Phi) is 14.7. The average Bonchev–Trinajstić information content (AvgIpc) is 1.36. The summed E-state index contributed by atoms with van der Waals surface area (Å²) in [7, 11) is -5.17. The van der Waals surface area contributed by atoms with Crippen molar-refractivity contribution < 1.29 is 26.9 Å². The van der Waals surface area contributed by atoms with Crippen LogP contribution in [0.5, 0.6) is 0 Å². The maximum absolute atomic E-state index is 8.52. The van der Waals surface area contributed by atoms with Gasteiger partial charge in [0, 0.05) is 10.4 Å². The Hall–Kier alpha value is 0.426. The van der Waals surface area contributed by atoms with Crippen LogP contribution in [0, 0.1) is 0 Å². The molecule has 6 nitrogen and oxygen atoms in total. The van der Waals surface area contributed by atoms with E-state index in [9.17, 15) is 0 Å². The molecule has 0 amide bonds. The summed E-state index contributed by atoms with van der Waals surface area (Å²) in [5.41, 5.74) is 0. The Balaban J connectivity index is -0.0000000750. The molecule has 0 heterocycles. The van der Waals surface area contributed by atoms with Gasteiger partial charge in [-0.05, 0) is 0 Å². The van der Waals surface area contributed by atoms with E-state index in [2.05, 4.69) is 0 Å². The predicted octanol–water partition coefficient (Wildman–Crippen LogP) is -3.10. The fourth-order valence-electron chi connectivity index (χ4n) is 0. The van der Waals surface area contributed by atoms with E-state index in [4.69, 9.17) is 21.4 Å². The summed E-state index contributed by atoms with van der Waals surface area (Å²) in [6.07, 6.45) is 0. The molecule has 0 fully saturated rings. The first-order valence-corrected chi connectivity index (χ1v) is 3.34. The third-order valence-electron chi connectivity index (χ3n) is 0. The molecule has 0 spiro atoms. The molecule has 8 heteroatoms. The molecule has 3 N–H and O–H groups in total. The van der Waals surface area contributed by atoms with Crippen LogP contribution in [0.1, 0.15) is 0 Å². The Bertz CT molecular complexity index is 91.7. The monoisotopic (exact) mass is 200 g/mol. The molecule has 0 aliphatic rings. The summed E-state index contributed by atoms with van der Waals surface area (Å²) in [6.45, 7) is 0. The molecule has 0 unspecified atom stereocenters. The van der Waals surface area contributed by atoms with Gasteiger partial charge in [-0.1, -0.05) is 0 Å². The summed E-state index contributed by atoms with van der Waals surface area (Å²) in [5.74, 6) is 0. The molecular weight excluding hydrogens is 198 g/mol. The van der Waals surface area contributed by atoms with Crippen LogP contribution < -0.4 is 0 Å². The molecule has 0 aromatic heterocycles. The van der Waals surface area contributed by atoms with Crippen molar-refractivity contribution in [2.75, 3.05) is 0 Å². The molecule has 0 aromatic rings. The number of hydrogen-bond acceptors (Lipinski definition) is 5. The third kappa shape index (κ3) is 1040. The molecule has 0 aliphatic carbocycles. The SMILES string of the molecule is O.O=S(=O)([O-])[O-].[OH][Ga+2]. The van der Waals surface area contributed by atoms with Crippen molar-refractivity contribution in [1.29, 1.82) is 0 Å². The van der Waals surface area contributed by atoms with Gasteiger partial charge < -0.3 is 14.6 Å². The Morgan fingerprint density at radius 3 is 1.25 bits per heavy atom. The van der Waals surface area contributed by atoms with Crippen LogP contribution in [-0.4, -0.2) is 45.9 Å². The minimum atomic E-state index is -5.17. The molecule has 0 bridgehead atoms. The fraction of sp³-hybridized carbons (Fsp3) is 0. The molecule has 0 saturated heterocycles. The van der Waals surface area contributed by atoms with Crippen LogP contribution in [0.4, 0.5) is 0 Å². The van der Waals surface area contributed by atoms with Gasteiger partial charge in [-0.3, -0.25) is 8.42 Å². The van der Waals surface area contributed by atoms with E-state index >= 15 is 0 Å². The summed E-state index contributed by atoms with van der Waals surface area (Å²) in [5, 5.41) is 0. The average molecular weight is 201 g/mol. The van der Waals surface area contributed by atoms with Crippen LogP contribution in [0.25, 0.3) is 0 Å². The zero-order valence-corrected chi connectivity index (χ0v) is 6.80. The van der Waals surface area contributed by atoms with Crippen molar-refractivity contribution in [2.24, 2.45) is 0 Å². The molecule has 48 valence electrons. The molecular formula is H3GaO6S. The van der Waals surface area contributed by atoms with Gasteiger partial charge in [-0.25, -0.2) is 0 Å². The normalized spacial score (nSPS) is 8.12. The summed E-state index contributed by atoms with van der Waals surface area (Å²) in [6, 6.07) is 0. The van der Waals surface area contributed by atoms with E-state index in [0.717, 1.165) is 0 Å². The van der Waals surface area contributed by atoms with Gasteiger partial charge >= 0.3 is 22.9 Å². The van der Waals surface area contributed by atoms with Crippen LogP contribution >= 0.6 is 0 Å². The Morgan fingerprint density at radius 2 is 1.25 bits per heavy atom. The Labute approximate surface area is 56.7 Å². The topological polar surface area (TPSA) is 132 Å². The predicted molar refractivity (Wildman–Crippen MR) is 22.1 cm³/mol. The van der Waals surface area contributed by atoms with Crippen molar-refractivity contribution in [1.82, 2.24) is 0 Å². The molecule has 0 radical (unpaired) electrons. The van der Waals surface area contributed by atoms with Gasteiger partial charge in [0.05, 0.1) is 0 Å². The summed E-state index contributed by atoms with van der Waals surface area (Å²) in [4.78, 5) is 0. The van der Waals surface area contributed by atoms with Gasteiger partial charge in [0.25, 0.3) is 0 Å². The van der Waals surface area contributed by atoms with E-state index in [1.165, 1.54) is 0 Å². The van der Waals surface area contributed by atoms with E-state index in [-0.39, 0.29) is 5.48 Å². The second-order valence-electron chi connectivity index (χ2n) is 0.408. The van der Waals surface area contributed by atoms with Crippen molar-refractivity contribution in [3.8, 4) is 0 Å². The molecule has 0 saturated carbocycles. The van der Waals surface area contributed by atoms with E-state index in [0.29, 0.717) is 19.0 Å². The first kappa shape index (κ1) is 15.8. The van der Waals surface area contributed by atoms with Crippen molar-refractivity contribution >= 4 is 29.4 Å². The molecule has 0 aliphatic heterocycles. The van der Waals surface area contributed by atoms with E-state index in [1.807, 2.05) is 0 Å². The van der Waals surface area contributed by atoms with Crippen LogP contribution in [0.3, 0.4) is 0 Å². The van der Waals surface area contributed by atoms with Crippen LogP contribution in [0.2, 0.25) is 0 Å². The van der Waals surface area contributed by atoms with Gasteiger partial charge in [0.2, 0.25) is 0 Å². The second-order valence-corrected chi connectivity index (χ2v) is 1.22. The molecule has 0 aromatic carbocycles. The zero-order valence-electron chi connectivity index (χ0n) is 3.57. The summed E-state index contributed by atoms with van der Waals surface area (Å²) >= 11 is 0.688. The van der Waals surface area contributed by atoms with Crippen molar-refractivity contribution in [3.05, 3.63) is 0 Å².